The van der Waals surface area contributed by atoms with Gasteiger partial charge in [-0.2, -0.15) is 0 Å². The third-order valence-electron chi connectivity index (χ3n) is 3.28. The van der Waals surface area contributed by atoms with Crippen LogP contribution >= 0.6 is 15.9 Å². The molecule has 0 radical (unpaired) electrons. The molecule has 110 valence electrons. The number of halogens is 1. The predicted octanol–water partition coefficient (Wildman–Crippen LogP) is 3.39. The van der Waals surface area contributed by atoms with Crippen molar-refractivity contribution in [3.8, 4) is 5.75 Å². The Morgan fingerprint density at radius 1 is 1.18 bits per heavy atom. The minimum absolute atomic E-state index is 0.219. The molecule has 22 heavy (non-hydrogen) atoms. The van der Waals surface area contributed by atoms with E-state index in [9.17, 15) is 9.90 Å². The number of hydrogen-bond donors (Lipinski definition) is 2. The van der Waals surface area contributed by atoms with E-state index in [0.29, 0.717) is 16.4 Å². The van der Waals surface area contributed by atoms with Crippen LogP contribution in [0.4, 0.5) is 0 Å². The van der Waals surface area contributed by atoms with Crippen molar-refractivity contribution >= 4 is 32.8 Å². The summed E-state index contributed by atoms with van der Waals surface area (Å²) in [7, 11) is 0. The summed E-state index contributed by atoms with van der Waals surface area (Å²) in [4.78, 5) is 19.1. The van der Waals surface area contributed by atoms with Gasteiger partial charge in [0.2, 0.25) is 0 Å². The topological polar surface area (TPSA) is 83.3 Å². The molecule has 0 atom stereocenters. The predicted molar refractivity (Wildman–Crippen MR) is 85.1 cm³/mol. The molecule has 0 amide bonds. The Morgan fingerprint density at radius 3 is 2.59 bits per heavy atom. The van der Waals surface area contributed by atoms with Crippen molar-refractivity contribution in [2.45, 2.75) is 6.42 Å². The maximum atomic E-state index is 11.1. The van der Waals surface area contributed by atoms with Gasteiger partial charge in [-0.15, -0.1) is 0 Å². The fraction of sp³-hybridized carbons (Fsp3) is 0.0625. The van der Waals surface area contributed by atoms with Crippen molar-refractivity contribution in [1.29, 1.82) is 0 Å². The van der Waals surface area contributed by atoms with Crippen LogP contribution in [0.3, 0.4) is 0 Å². The van der Waals surface area contributed by atoms with Gasteiger partial charge in [0.15, 0.2) is 11.4 Å². The molecule has 2 N–H and O–H groups in total. The first-order chi connectivity index (χ1) is 10.6. The zero-order valence-corrected chi connectivity index (χ0v) is 12.9. The number of aromatic hydroxyl groups is 1. The summed E-state index contributed by atoms with van der Waals surface area (Å²) in [5.74, 6) is -1.72. The van der Waals surface area contributed by atoms with Gasteiger partial charge in [0.1, 0.15) is 10.1 Å². The number of carbonyl (C=O) groups is 1. The highest BCUT2D eigenvalue weighted by Gasteiger charge is 2.18. The summed E-state index contributed by atoms with van der Waals surface area (Å²) in [6.45, 7) is 0. The van der Waals surface area contributed by atoms with Crippen molar-refractivity contribution < 1.29 is 15.0 Å². The Kier molecular flexibility index (Phi) is 3.77. The second-order valence-corrected chi connectivity index (χ2v) is 5.56. The second kappa shape index (κ2) is 5.73. The summed E-state index contributed by atoms with van der Waals surface area (Å²) in [6.07, 6.45) is 2.32. The van der Waals surface area contributed by atoms with Crippen LogP contribution in [0.25, 0.3) is 10.9 Å². The van der Waals surface area contributed by atoms with Gasteiger partial charge < -0.3 is 10.2 Å². The van der Waals surface area contributed by atoms with E-state index >= 15 is 0 Å². The number of pyridine rings is 2. The molecule has 0 spiro atoms. The first kappa shape index (κ1) is 14.5. The van der Waals surface area contributed by atoms with Gasteiger partial charge in [-0.25, -0.2) is 9.78 Å². The molecule has 0 bridgehead atoms. The van der Waals surface area contributed by atoms with Crippen LogP contribution in [0.1, 0.15) is 21.6 Å². The smallest absolute Gasteiger partial charge is 0.358 e. The number of carboxylic acid groups (broad SMARTS) is 1. The first-order valence-corrected chi connectivity index (χ1v) is 7.30. The highest BCUT2D eigenvalue weighted by Crippen LogP contribution is 2.31. The molecule has 0 saturated carbocycles. The van der Waals surface area contributed by atoms with Crippen LogP contribution in [0.15, 0.2) is 47.2 Å². The average molecular weight is 359 g/mol. The molecule has 0 aliphatic heterocycles. The summed E-state index contributed by atoms with van der Waals surface area (Å²) >= 11 is 3.24. The average Bonchev–Trinajstić information content (AvgIpc) is 2.51. The Labute approximate surface area is 134 Å². The van der Waals surface area contributed by atoms with Gasteiger partial charge in [-0.3, -0.25) is 4.98 Å². The van der Waals surface area contributed by atoms with E-state index in [4.69, 9.17) is 5.11 Å². The minimum atomic E-state index is -1.30. The second-order valence-electron chi connectivity index (χ2n) is 4.81. The molecule has 2 aromatic heterocycles. The van der Waals surface area contributed by atoms with E-state index in [-0.39, 0.29) is 5.52 Å². The van der Waals surface area contributed by atoms with Gasteiger partial charge >= 0.3 is 5.97 Å². The molecule has 0 aliphatic carbocycles. The van der Waals surface area contributed by atoms with E-state index in [1.54, 1.807) is 6.20 Å². The molecule has 0 saturated heterocycles. The summed E-state index contributed by atoms with van der Waals surface area (Å²) < 4.78 is 0.347. The molecule has 3 rings (SSSR count). The van der Waals surface area contributed by atoms with Crippen molar-refractivity contribution in [2.75, 3.05) is 0 Å². The number of rotatable bonds is 3. The Morgan fingerprint density at radius 2 is 1.91 bits per heavy atom. The lowest BCUT2D eigenvalue weighted by atomic mass is 10.1. The number of fused-ring (bicyclic) bond motifs is 1. The molecular formula is C16H11BrN2O3. The van der Waals surface area contributed by atoms with Crippen LogP contribution in [-0.2, 0) is 6.42 Å². The van der Waals surface area contributed by atoms with Crippen LogP contribution in [0.2, 0.25) is 0 Å². The summed E-state index contributed by atoms with van der Waals surface area (Å²) in [6, 6.07) is 11.8. The molecular weight excluding hydrogens is 348 g/mol. The van der Waals surface area contributed by atoms with Crippen molar-refractivity contribution in [1.82, 2.24) is 9.97 Å². The Hall–Kier alpha value is -2.47. The van der Waals surface area contributed by atoms with Crippen molar-refractivity contribution in [3.05, 3.63) is 64.0 Å². The normalized spacial score (nSPS) is 10.8. The number of hydrogen-bond acceptors (Lipinski definition) is 4. The fourth-order valence-corrected chi connectivity index (χ4v) is 2.73. The minimum Gasteiger partial charge on any atom is -0.504 e. The maximum Gasteiger partial charge on any atom is 0.358 e. The van der Waals surface area contributed by atoms with Crippen molar-refractivity contribution in [3.63, 3.8) is 0 Å². The maximum absolute atomic E-state index is 11.1. The highest BCUT2D eigenvalue weighted by molar-refractivity contribution is 9.10. The first-order valence-electron chi connectivity index (χ1n) is 6.50. The van der Waals surface area contributed by atoms with Crippen molar-refractivity contribution in [2.24, 2.45) is 0 Å². The monoisotopic (exact) mass is 358 g/mol. The third kappa shape index (κ3) is 2.65. The third-order valence-corrected chi connectivity index (χ3v) is 3.88. The van der Waals surface area contributed by atoms with Gasteiger partial charge in [0.05, 0.1) is 0 Å². The lowest BCUT2D eigenvalue weighted by Crippen LogP contribution is -2.03. The van der Waals surface area contributed by atoms with Gasteiger partial charge in [-0.1, -0.05) is 30.3 Å². The van der Waals surface area contributed by atoms with E-state index < -0.39 is 17.4 Å². The molecule has 3 aromatic rings. The number of aromatic carboxylic acids is 1. The van der Waals surface area contributed by atoms with Gasteiger partial charge in [0, 0.05) is 11.6 Å². The van der Waals surface area contributed by atoms with E-state index in [1.807, 2.05) is 36.4 Å². The summed E-state index contributed by atoms with van der Waals surface area (Å²) in [5, 5.41) is 19.6. The van der Waals surface area contributed by atoms with E-state index in [1.165, 1.54) is 0 Å². The standard InChI is InChI=1S/C16H11BrN2O3/c17-15-11-7-10(6-9-4-2-1-3-5-9)8-18-12(11)14(20)13(19-15)16(21)22/h1-5,7-8,20H,6H2,(H,21,22). The zero-order chi connectivity index (χ0) is 15.7. The molecule has 0 fully saturated rings. The Balaban J connectivity index is 2.09. The molecule has 2 heterocycles. The van der Waals surface area contributed by atoms with E-state index in [0.717, 1.165) is 11.1 Å². The number of aromatic nitrogens is 2. The zero-order valence-electron chi connectivity index (χ0n) is 11.3. The number of carboxylic acids is 1. The molecule has 0 aliphatic rings. The lowest BCUT2D eigenvalue weighted by Gasteiger charge is -2.08. The summed E-state index contributed by atoms with van der Waals surface area (Å²) in [5.41, 5.74) is 1.89. The highest BCUT2D eigenvalue weighted by atomic mass is 79.9. The van der Waals surface area contributed by atoms with Crippen LogP contribution in [0.5, 0.6) is 5.75 Å². The van der Waals surface area contributed by atoms with Crippen LogP contribution in [-0.4, -0.2) is 26.2 Å². The largest absolute Gasteiger partial charge is 0.504 e. The van der Waals surface area contributed by atoms with E-state index in [2.05, 4.69) is 25.9 Å². The number of benzene rings is 1. The van der Waals surface area contributed by atoms with Gasteiger partial charge in [0.25, 0.3) is 0 Å². The fourth-order valence-electron chi connectivity index (χ4n) is 2.25. The lowest BCUT2D eigenvalue weighted by molar-refractivity contribution is 0.0687. The molecule has 0 unspecified atom stereocenters. The molecule has 6 heteroatoms. The number of nitrogens with zero attached hydrogens (tertiary/aromatic N) is 2. The Bertz CT molecular complexity index is 866. The molecule has 5 nitrogen and oxygen atoms in total. The van der Waals surface area contributed by atoms with Crippen LogP contribution in [0, 0.1) is 0 Å². The van der Waals surface area contributed by atoms with Gasteiger partial charge in [-0.05, 0) is 39.5 Å². The van der Waals surface area contributed by atoms with Crippen LogP contribution < -0.4 is 0 Å². The molecule has 1 aromatic carbocycles. The SMILES string of the molecule is O=C(O)c1nc(Br)c2cc(Cc3ccccc3)cnc2c1O. The quantitative estimate of drug-likeness (QED) is 0.701.